The molecule has 25 heteroatoms. The van der Waals surface area contributed by atoms with Gasteiger partial charge in [-0.05, 0) is 85.9 Å². The predicted molar refractivity (Wildman–Crippen MR) is 226 cm³/mol. The normalized spacial score (nSPS) is 12.6. The Hall–Kier alpha value is -5.53. The van der Waals surface area contributed by atoms with E-state index in [2.05, 4.69) is 35.6 Å². The standard InChI is InChI=1S/C20H19F3N4O4S2.C18H17F3N4O3S2/c1-4-27(12(3)28)25-11-13-8-17(33(29,30)5-2)18(24-10-13)19-26-15-9-14(32-20(21,22)23)6-7-16(15)31-19;1-3-23-24-10-11-7-15(30(26,27)4-2)16(22-9-11)17-25-13-8-12(29-18(19,20)21)5-6-14(13)28-17/h6-11H,4-5H2,1-3H3;5-10,23H,3-4H2,1-2H3/b25-11+;24-10+. The number of benzene rings is 2. The highest BCUT2D eigenvalue weighted by Crippen LogP contribution is 2.40. The molecule has 0 saturated heterocycles. The molecule has 0 bridgehead atoms. The summed E-state index contributed by atoms with van der Waals surface area (Å²) >= 11 is -0.561. The van der Waals surface area contributed by atoms with Gasteiger partial charge < -0.3 is 14.3 Å². The van der Waals surface area contributed by atoms with Gasteiger partial charge in [-0.2, -0.15) is 36.5 Å². The van der Waals surface area contributed by atoms with E-state index >= 15 is 0 Å². The molecule has 0 aliphatic carbocycles. The predicted octanol–water partition coefficient (Wildman–Crippen LogP) is 8.74. The number of nitrogens with one attached hydrogen (secondary N) is 1. The summed E-state index contributed by atoms with van der Waals surface area (Å²) in [7, 11) is -7.48. The number of fused-ring (bicyclic) bond motifs is 2. The Kier molecular flexibility index (Phi) is 15.3. The van der Waals surface area contributed by atoms with Crippen LogP contribution in [0.1, 0.15) is 45.7 Å². The summed E-state index contributed by atoms with van der Waals surface area (Å²) < 4.78 is 138. The van der Waals surface area contributed by atoms with Crippen LogP contribution in [-0.2, 0) is 24.5 Å². The second kappa shape index (κ2) is 19.9. The molecule has 0 atom stereocenters. The fraction of sp³-hybridized carbons (Fsp3) is 0.289. The van der Waals surface area contributed by atoms with Gasteiger partial charge in [-0.15, -0.1) is 0 Å². The van der Waals surface area contributed by atoms with Crippen LogP contribution in [-0.4, -0.2) is 95.7 Å². The number of carbonyl (C=O) groups excluding carboxylic acids is 1. The molecule has 0 aliphatic rings. The van der Waals surface area contributed by atoms with Gasteiger partial charge >= 0.3 is 11.0 Å². The van der Waals surface area contributed by atoms with Gasteiger partial charge in [0.2, 0.25) is 17.7 Å². The highest BCUT2D eigenvalue weighted by molar-refractivity contribution is 8.00. The van der Waals surface area contributed by atoms with Crippen molar-refractivity contribution in [2.75, 3.05) is 24.6 Å². The average Bonchev–Trinajstić information content (AvgIpc) is 3.84. The number of sulfone groups is 2. The molecule has 63 heavy (non-hydrogen) atoms. The molecule has 0 aliphatic heterocycles. The van der Waals surface area contributed by atoms with Crippen LogP contribution in [0.25, 0.3) is 45.4 Å². The minimum Gasteiger partial charge on any atom is -0.435 e. The third kappa shape index (κ3) is 12.8. The van der Waals surface area contributed by atoms with Gasteiger partial charge in [0.05, 0.1) is 33.7 Å². The molecule has 0 fully saturated rings. The first-order valence-corrected chi connectivity index (χ1v) is 23.4. The molecular weight excluding hydrogens is 923 g/mol. The number of aromatic nitrogens is 4. The van der Waals surface area contributed by atoms with Crippen molar-refractivity contribution in [2.24, 2.45) is 10.2 Å². The minimum atomic E-state index is -4.46. The van der Waals surface area contributed by atoms with E-state index in [1.165, 1.54) is 99.1 Å². The van der Waals surface area contributed by atoms with E-state index in [1.54, 1.807) is 6.92 Å². The van der Waals surface area contributed by atoms with Crippen LogP contribution in [0.2, 0.25) is 0 Å². The summed E-state index contributed by atoms with van der Waals surface area (Å²) in [6.07, 6.45) is 5.48. The maximum atomic E-state index is 12.7. The Morgan fingerprint density at radius 3 is 1.56 bits per heavy atom. The minimum absolute atomic E-state index is 0.0151. The van der Waals surface area contributed by atoms with Crippen LogP contribution >= 0.6 is 23.5 Å². The summed E-state index contributed by atoms with van der Waals surface area (Å²) in [6, 6.07) is 10.3. The van der Waals surface area contributed by atoms with E-state index in [4.69, 9.17) is 8.83 Å². The number of oxazole rings is 2. The molecule has 4 aromatic heterocycles. The fourth-order valence-corrected chi connectivity index (χ4v) is 8.58. The third-order valence-electron chi connectivity index (χ3n) is 8.24. The zero-order valence-electron chi connectivity index (χ0n) is 33.6. The highest BCUT2D eigenvalue weighted by Gasteiger charge is 2.31. The lowest BCUT2D eigenvalue weighted by molar-refractivity contribution is -0.128. The number of carbonyl (C=O) groups is 1. The smallest absolute Gasteiger partial charge is 0.435 e. The van der Waals surface area contributed by atoms with Crippen molar-refractivity contribution >= 4 is 83.7 Å². The van der Waals surface area contributed by atoms with Gasteiger partial charge in [0.1, 0.15) is 22.4 Å². The largest absolute Gasteiger partial charge is 0.446 e. The SMILES string of the molecule is CCN(/N=C/c1cnc(-c2nc3cc(SC(F)(F)F)ccc3o2)c(S(=O)(=O)CC)c1)C(C)=O.CCN/N=C/c1cnc(-c2nc3cc(SC(F)(F)F)ccc3o2)c(S(=O)(=O)CC)c1. The second-order valence-electron chi connectivity index (χ2n) is 12.7. The van der Waals surface area contributed by atoms with E-state index in [1.807, 2.05) is 6.92 Å². The van der Waals surface area contributed by atoms with Gasteiger partial charge in [0.15, 0.2) is 30.8 Å². The van der Waals surface area contributed by atoms with Crippen LogP contribution in [0.15, 0.2) is 99.5 Å². The number of hydrogen-bond acceptors (Lipinski definition) is 16. The monoisotopic (exact) mass is 958 g/mol. The summed E-state index contributed by atoms with van der Waals surface area (Å²) in [5.74, 6) is -0.935. The molecule has 0 unspecified atom stereocenters. The van der Waals surface area contributed by atoms with Crippen molar-refractivity contribution in [3.63, 3.8) is 0 Å². The molecule has 0 radical (unpaired) electrons. The molecule has 6 aromatic rings. The van der Waals surface area contributed by atoms with E-state index in [0.717, 1.165) is 0 Å². The molecule has 1 N–H and O–H groups in total. The lowest BCUT2D eigenvalue weighted by atomic mass is 10.2. The molecule has 4 heterocycles. The van der Waals surface area contributed by atoms with Gasteiger partial charge in [-0.1, -0.05) is 13.8 Å². The quantitative estimate of drug-likeness (QED) is 0.0470. The molecule has 336 valence electrons. The van der Waals surface area contributed by atoms with Gasteiger partial charge in [0, 0.05) is 53.3 Å². The van der Waals surface area contributed by atoms with Crippen molar-refractivity contribution in [1.29, 1.82) is 0 Å². The van der Waals surface area contributed by atoms with Crippen molar-refractivity contribution in [1.82, 2.24) is 30.4 Å². The topological polar surface area (TPSA) is 203 Å². The van der Waals surface area contributed by atoms with E-state index in [-0.39, 0.29) is 106 Å². The first-order valence-electron chi connectivity index (χ1n) is 18.4. The van der Waals surface area contributed by atoms with Crippen LogP contribution in [0.3, 0.4) is 0 Å². The number of hydrazone groups is 2. The Balaban J connectivity index is 0.000000239. The second-order valence-corrected chi connectivity index (χ2v) is 19.4. The highest BCUT2D eigenvalue weighted by atomic mass is 32.2. The number of pyridine rings is 2. The zero-order valence-corrected chi connectivity index (χ0v) is 36.9. The number of amides is 1. The Bertz CT molecular complexity index is 2900. The number of nitrogens with zero attached hydrogens (tertiary/aromatic N) is 7. The van der Waals surface area contributed by atoms with Crippen LogP contribution in [0, 0.1) is 0 Å². The third-order valence-corrected chi connectivity index (χ3v) is 13.2. The molecule has 1 amide bonds. The molecule has 0 spiro atoms. The first kappa shape index (κ1) is 48.5. The van der Waals surface area contributed by atoms with Crippen LogP contribution < -0.4 is 5.43 Å². The number of alkyl halides is 6. The molecule has 2 aromatic carbocycles. The summed E-state index contributed by atoms with van der Waals surface area (Å²) in [5.41, 5.74) is -4.78. The summed E-state index contributed by atoms with van der Waals surface area (Å²) in [5, 5.41) is 9.16. The molecule has 6 rings (SSSR count). The lowest BCUT2D eigenvalue weighted by Crippen LogP contribution is -2.22. The molecule has 15 nitrogen and oxygen atoms in total. The number of rotatable bonds is 14. The van der Waals surface area contributed by atoms with Gasteiger partial charge in [0.25, 0.3) is 0 Å². The van der Waals surface area contributed by atoms with Crippen molar-refractivity contribution in [3.05, 3.63) is 72.1 Å². The molecule has 0 saturated carbocycles. The van der Waals surface area contributed by atoms with Gasteiger partial charge in [-0.25, -0.2) is 41.8 Å². The first-order chi connectivity index (χ1) is 29.6. The lowest BCUT2D eigenvalue weighted by Gasteiger charge is -2.11. The Labute approximate surface area is 364 Å². The summed E-state index contributed by atoms with van der Waals surface area (Å²) in [6.45, 7) is 8.82. The Morgan fingerprint density at radius 2 is 1.17 bits per heavy atom. The summed E-state index contributed by atoms with van der Waals surface area (Å²) in [4.78, 5) is 27.8. The maximum Gasteiger partial charge on any atom is 0.446 e. The van der Waals surface area contributed by atoms with Crippen molar-refractivity contribution < 1.29 is 56.8 Å². The molecular formula is C38H36F6N8O7S4. The number of halogens is 6. The van der Waals surface area contributed by atoms with Crippen molar-refractivity contribution in [2.45, 2.75) is 65.2 Å². The number of thioether (sulfide) groups is 2. The van der Waals surface area contributed by atoms with E-state index in [0.29, 0.717) is 24.2 Å². The van der Waals surface area contributed by atoms with E-state index < -0.39 is 30.7 Å². The van der Waals surface area contributed by atoms with Crippen LogP contribution in [0.5, 0.6) is 0 Å². The maximum absolute atomic E-state index is 12.7. The Morgan fingerprint density at radius 1 is 0.730 bits per heavy atom. The average molecular weight is 959 g/mol. The van der Waals surface area contributed by atoms with Gasteiger partial charge in [-0.3, -0.25) is 4.79 Å². The van der Waals surface area contributed by atoms with E-state index in [9.17, 15) is 48.0 Å². The zero-order chi connectivity index (χ0) is 46.3. The fourth-order valence-electron chi connectivity index (χ4n) is 5.31. The van der Waals surface area contributed by atoms with Crippen molar-refractivity contribution in [3.8, 4) is 23.2 Å². The van der Waals surface area contributed by atoms with Crippen LogP contribution in [0.4, 0.5) is 26.3 Å². The number of hydrogen-bond donors (Lipinski definition) is 1.